The normalized spacial score (nSPS) is 47.5. The number of Topliss-reactive ketones (excluding diaryl/α,β-unsaturated/α-hetero) is 2. The molecular weight excluding hydrogens is 331 g/mol. The highest BCUT2D eigenvalue weighted by Crippen LogP contribution is 2.67. The Kier molecular flexibility index (Phi) is 3.59. The summed E-state index contributed by atoms with van der Waals surface area (Å²) in [5.41, 5.74) is -1.76. The second-order valence-corrected chi connectivity index (χ2v) is 9.40. The molecule has 6 atom stereocenters. The van der Waals surface area contributed by atoms with Crippen molar-refractivity contribution in [3.63, 3.8) is 0 Å². The van der Waals surface area contributed by atoms with Gasteiger partial charge in [-0.15, -0.1) is 0 Å². The Bertz CT molecular complexity index is 793. The van der Waals surface area contributed by atoms with E-state index in [0.717, 1.165) is 18.4 Å². The van der Waals surface area contributed by atoms with Crippen molar-refractivity contribution in [2.45, 2.75) is 65.5 Å². The highest BCUT2D eigenvalue weighted by atomic mass is 19.1. The molecule has 0 aliphatic heterocycles. The van der Waals surface area contributed by atoms with Gasteiger partial charge in [-0.3, -0.25) is 14.4 Å². The van der Waals surface area contributed by atoms with Crippen molar-refractivity contribution in [1.82, 2.24) is 0 Å². The Morgan fingerprint density at radius 1 is 1.23 bits per heavy atom. The minimum atomic E-state index is -1.98. The number of allylic oxidation sites excluding steroid dienone is 4. The number of ketones is 3. The molecule has 0 aromatic rings. The Balaban J connectivity index is 1.90. The molecule has 0 aromatic heterocycles. The van der Waals surface area contributed by atoms with Gasteiger partial charge in [0.25, 0.3) is 0 Å². The third-order valence-corrected chi connectivity index (χ3v) is 8.17. The van der Waals surface area contributed by atoms with Crippen LogP contribution in [-0.4, -0.2) is 23.0 Å². The molecule has 0 saturated heterocycles. The Labute approximate surface area is 154 Å². The zero-order valence-corrected chi connectivity index (χ0v) is 16.0. The molecule has 140 valence electrons. The quantitative estimate of drug-likeness (QED) is 0.707. The first-order valence-electron chi connectivity index (χ1n) is 9.72. The fourth-order valence-electron chi connectivity index (χ4n) is 6.81. The highest BCUT2D eigenvalue weighted by Gasteiger charge is 2.71. The molecule has 26 heavy (non-hydrogen) atoms. The van der Waals surface area contributed by atoms with E-state index in [2.05, 4.69) is 0 Å². The lowest BCUT2D eigenvalue weighted by Crippen LogP contribution is -2.65. The van der Waals surface area contributed by atoms with E-state index in [0.29, 0.717) is 12.0 Å². The molecule has 0 aromatic carbocycles. The summed E-state index contributed by atoms with van der Waals surface area (Å²) >= 11 is 0. The fraction of sp³-hybridized carbons (Fsp3) is 0.682. The maximum Gasteiger partial charge on any atom is 0.184 e. The molecule has 2 saturated carbocycles. The van der Waals surface area contributed by atoms with Crippen molar-refractivity contribution >= 4 is 17.3 Å². The summed E-state index contributed by atoms with van der Waals surface area (Å²) in [4.78, 5) is 37.4. The lowest BCUT2D eigenvalue weighted by atomic mass is 9.45. The van der Waals surface area contributed by atoms with Crippen LogP contribution in [0.2, 0.25) is 0 Å². The van der Waals surface area contributed by atoms with Gasteiger partial charge in [-0.2, -0.15) is 0 Å². The Hall–Kier alpha value is -1.58. The van der Waals surface area contributed by atoms with Gasteiger partial charge in [-0.1, -0.05) is 25.5 Å². The summed E-state index contributed by atoms with van der Waals surface area (Å²) < 4.78 is 16.7. The summed E-state index contributed by atoms with van der Waals surface area (Å²) in [5, 5.41) is 0. The van der Waals surface area contributed by atoms with E-state index in [9.17, 15) is 14.4 Å². The van der Waals surface area contributed by atoms with Crippen molar-refractivity contribution in [2.24, 2.45) is 28.6 Å². The molecule has 0 spiro atoms. The molecule has 4 aliphatic carbocycles. The first-order chi connectivity index (χ1) is 12.1. The smallest absolute Gasteiger partial charge is 0.184 e. The van der Waals surface area contributed by atoms with Crippen LogP contribution in [-0.2, 0) is 14.4 Å². The predicted molar refractivity (Wildman–Crippen MR) is 96.1 cm³/mol. The van der Waals surface area contributed by atoms with E-state index < -0.39 is 22.4 Å². The van der Waals surface area contributed by atoms with E-state index in [4.69, 9.17) is 0 Å². The predicted octanol–water partition coefficient (Wildman–Crippen LogP) is 4.16. The van der Waals surface area contributed by atoms with Crippen LogP contribution in [0.4, 0.5) is 4.39 Å². The SMILES string of the molecule is CC(=O)[C@H]1CC[C@H]2[C@@H]3C=C(C)C4=CC(=O)CC[C@]4(C)[C@@]3(F)C(=O)C[C@]12C. The third kappa shape index (κ3) is 1.91. The van der Waals surface area contributed by atoms with Crippen LogP contribution >= 0.6 is 0 Å². The van der Waals surface area contributed by atoms with E-state index in [1.807, 2.05) is 26.8 Å². The van der Waals surface area contributed by atoms with Crippen LogP contribution in [0.25, 0.3) is 0 Å². The van der Waals surface area contributed by atoms with E-state index >= 15 is 4.39 Å². The maximum atomic E-state index is 16.7. The van der Waals surface area contributed by atoms with Gasteiger partial charge in [-0.05, 0) is 56.1 Å². The van der Waals surface area contributed by atoms with Crippen LogP contribution in [0, 0.1) is 28.6 Å². The summed E-state index contributed by atoms with van der Waals surface area (Å²) in [5.74, 6) is -0.926. The van der Waals surface area contributed by atoms with Gasteiger partial charge in [0.15, 0.2) is 17.2 Å². The molecule has 4 rings (SSSR count). The van der Waals surface area contributed by atoms with Crippen molar-refractivity contribution in [3.8, 4) is 0 Å². The number of fused-ring (bicyclic) bond motifs is 5. The number of hydrogen-bond acceptors (Lipinski definition) is 3. The molecule has 0 amide bonds. The van der Waals surface area contributed by atoms with Gasteiger partial charge in [0.2, 0.25) is 0 Å². The number of alkyl halides is 1. The monoisotopic (exact) mass is 358 g/mol. The zero-order valence-electron chi connectivity index (χ0n) is 16.0. The van der Waals surface area contributed by atoms with Gasteiger partial charge < -0.3 is 0 Å². The Morgan fingerprint density at radius 3 is 2.58 bits per heavy atom. The van der Waals surface area contributed by atoms with Gasteiger partial charge in [0, 0.05) is 30.1 Å². The first-order valence-corrected chi connectivity index (χ1v) is 9.72. The molecular formula is C22H27FO3. The molecule has 4 heteroatoms. The fourth-order valence-corrected chi connectivity index (χ4v) is 6.81. The molecule has 0 heterocycles. The second-order valence-electron chi connectivity index (χ2n) is 9.40. The van der Waals surface area contributed by atoms with Gasteiger partial charge >= 0.3 is 0 Å². The number of carbonyl (C=O) groups excluding carboxylic acids is 3. The van der Waals surface area contributed by atoms with Crippen LogP contribution in [0.5, 0.6) is 0 Å². The molecule has 0 bridgehead atoms. The molecule has 4 aliphatic rings. The van der Waals surface area contributed by atoms with E-state index in [-0.39, 0.29) is 42.0 Å². The molecule has 0 unspecified atom stereocenters. The molecule has 0 radical (unpaired) electrons. The summed E-state index contributed by atoms with van der Waals surface area (Å²) in [6.07, 6.45) is 5.76. The second kappa shape index (κ2) is 5.24. The van der Waals surface area contributed by atoms with Gasteiger partial charge in [0.05, 0.1) is 0 Å². The van der Waals surface area contributed by atoms with Crippen molar-refractivity contribution in [3.05, 3.63) is 23.3 Å². The lowest BCUT2D eigenvalue weighted by Gasteiger charge is -2.58. The molecule has 3 nitrogen and oxygen atoms in total. The van der Waals surface area contributed by atoms with Gasteiger partial charge in [0.1, 0.15) is 5.78 Å². The number of carbonyl (C=O) groups is 3. The lowest BCUT2D eigenvalue weighted by molar-refractivity contribution is -0.164. The Morgan fingerprint density at radius 2 is 1.92 bits per heavy atom. The summed E-state index contributed by atoms with van der Waals surface area (Å²) in [7, 11) is 0. The van der Waals surface area contributed by atoms with Crippen molar-refractivity contribution in [2.75, 3.05) is 0 Å². The highest BCUT2D eigenvalue weighted by molar-refractivity contribution is 5.97. The first kappa shape index (κ1) is 17.8. The van der Waals surface area contributed by atoms with Gasteiger partial charge in [-0.25, -0.2) is 4.39 Å². The van der Waals surface area contributed by atoms with Crippen LogP contribution in [0.1, 0.15) is 59.8 Å². The van der Waals surface area contributed by atoms with E-state index in [1.165, 1.54) is 0 Å². The zero-order chi connectivity index (χ0) is 19.1. The molecule has 2 fully saturated rings. The van der Waals surface area contributed by atoms with Crippen molar-refractivity contribution in [1.29, 1.82) is 0 Å². The van der Waals surface area contributed by atoms with Crippen LogP contribution < -0.4 is 0 Å². The number of halogens is 1. The standard InChI is InChI=1S/C22H27FO3/c1-12-9-18-16-6-5-15(13(2)24)20(16,3)11-19(26)22(18,23)21(4)8-7-14(25)10-17(12)21/h9-10,15-16,18H,5-8,11H2,1-4H3/t15-,16+,18+,20-,21+,22+/m1/s1. The number of rotatable bonds is 1. The van der Waals surface area contributed by atoms with E-state index in [1.54, 1.807) is 13.0 Å². The summed E-state index contributed by atoms with van der Waals surface area (Å²) in [6.45, 7) is 7.36. The minimum Gasteiger partial charge on any atom is -0.300 e. The number of hydrogen-bond donors (Lipinski definition) is 0. The summed E-state index contributed by atoms with van der Waals surface area (Å²) in [6, 6.07) is 0. The average Bonchev–Trinajstić information content (AvgIpc) is 2.89. The average molecular weight is 358 g/mol. The molecule has 0 N–H and O–H groups in total. The topological polar surface area (TPSA) is 51.2 Å². The maximum absolute atomic E-state index is 16.7. The van der Waals surface area contributed by atoms with Crippen LogP contribution in [0.15, 0.2) is 23.3 Å². The van der Waals surface area contributed by atoms with Crippen LogP contribution in [0.3, 0.4) is 0 Å². The third-order valence-electron chi connectivity index (χ3n) is 8.17. The van der Waals surface area contributed by atoms with Crippen molar-refractivity contribution < 1.29 is 18.8 Å². The minimum absolute atomic E-state index is 0.00921. The largest absolute Gasteiger partial charge is 0.300 e.